The molecule has 1 aliphatic rings. The lowest BCUT2D eigenvalue weighted by Crippen LogP contribution is -2.29. The zero-order chi connectivity index (χ0) is 21.2. The molecular weight excluding hydrogens is 420 g/mol. The molecular formula is C23H17ClN2O3S. The number of rotatable bonds is 2. The normalized spacial score (nSPS) is 15.8. The van der Waals surface area contributed by atoms with Crippen LogP contribution in [0.4, 0.5) is 5.13 Å². The number of nitrogens with zero attached hydrogens (tertiary/aromatic N) is 2. The lowest BCUT2D eigenvalue weighted by atomic mass is 9.98. The number of aromatic nitrogens is 1. The van der Waals surface area contributed by atoms with Gasteiger partial charge in [-0.05, 0) is 50.6 Å². The average molecular weight is 437 g/mol. The third-order valence-electron chi connectivity index (χ3n) is 5.41. The third kappa shape index (κ3) is 2.79. The number of carbonyl (C=O) groups excluding carboxylic acids is 1. The van der Waals surface area contributed by atoms with Crippen molar-refractivity contribution < 1.29 is 9.21 Å². The Morgan fingerprint density at radius 2 is 1.90 bits per heavy atom. The van der Waals surface area contributed by atoms with Crippen LogP contribution in [0.1, 0.15) is 43.9 Å². The van der Waals surface area contributed by atoms with Gasteiger partial charge in [-0.3, -0.25) is 14.5 Å². The van der Waals surface area contributed by atoms with Crippen LogP contribution in [-0.4, -0.2) is 10.9 Å². The summed E-state index contributed by atoms with van der Waals surface area (Å²) in [7, 11) is 0. The largest absolute Gasteiger partial charge is 0.450 e. The Morgan fingerprint density at radius 3 is 2.60 bits per heavy atom. The minimum atomic E-state index is -0.655. The van der Waals surface area contributed by atoms with E-state index in [0.29, 0.717) is 26.7 Å². The Morgan fingerprint density at radius 1 is 1.10 bits per heavy atom. The minimum Gasteiger partial charge on any atom is -0.450 e. The number of benzene rings is 2. The zero-order valence-corrected chi connectivity index (χ0v) is 18.1. The molecule has 30 heavy (non-hydrogen) atoms. The molecule has 150 valence electrons. The topological polar surface area (TPSA) is 63.4 Å². The van der Waals surface area contributed by atoms with Gasteiger partial charge in [-0.1, -0.05) is 35.4 Å². The maximum atomic E-state index is 13.5. The van der Waals surface area contributed by atoms with Crippen molar-refractivity contribution in [1.82, 2.24) is 4.98 Å². The van der Waals surface area contributed by atoms with Crippen molar-refractivity contribution in [3.05, 3.63) is 90.7 Å². The SMILES string of the molecule is Cc1ccc2oc3c(c(=O)c2c1)C(c1cccc(Cl)c1)N(c1nc(C)c(C)s1)C3=O. The summed E-state index contributed by atoms with van der Waals surface area (Å²) in [6, 6.07) is 11.9. The van der Waals surface area contributed by atoms with Crippen LogP contribution in [0.5, 0.6) is 0 Å². The van der Waals surface area contributed by atoms with E-state index < -0.39 is 6.04 Å². The standard InChI is InChI=1S/C23H17ClN2O3S/c1-11-7-8-17-16(9-11)20(27)18-19(14-5-4-6-15(24)10-14)26(22(28)21(18)29-17)23-25-12(2)13(3)30-23/h4-10,19H,1-3H3. The van der Waals surface area contributed by atoms with Gasteiger partial charge in [-0.25, -0.2) is 4.98 Å². The summed E-state index contributed by atoms with van der Waals surface area (Å²) in [5.41, 5.74) is 3.05. The molecule has 0 bridgehead atoms. The highest BCUT2D eigenvalue weighted by Crippen LogP contribution is 2.43. The second-order valence-electron chi connectivity index (χ2n) is 7.44. The molecule has 1 aliphatic heterocycles. The first-order valence-corrected chi connectivity index (χ1v) is 10.6. The quantitative estimate of drug-likeness (QED) is 0.411. The predicted molar refractivity (Wildman–Crippen MR) is 119 cm³/mol. The molecule has 2 aromatic carbocycles. The van der Waals surface area contributed by atoms with Gasteiger partial charge in [-0.15, -0.1) is 11.3 Å². The number of hydrogen-bond donors (Lipinski definition) is 0. The summed E-state index contributed by atoms with van der Waals surface area (Å²) < 4.78 is 5.98. The highest BCUT2D eigenvalue weighted by Gasteiger charge is 2.45. The molecule has 0 saturated heterocycles. The van der Waals surface area contributed by atoms with Gasteiger partial charge < -0.3 is 4.42 Å². The lowest BCUT2D eigenvalue weighted by Gasteiger charge is -2.22. The Labute approximate surface area is 181 Å². The first kappa shape index (κ1) is 19.0. The van der Waals surface area contributed by atoms with Gasteiger partial charge in [0.25, 0.3) is 5.91 Å². The van der Waals surface area contributed by atoms with Crippen LogP contribution in [0.25, 0.3) is 11.0 Å². The average Bonchev–Trinajstić information content (AvgIpc) is 3.19. The summed E-state index contributed by atoms with van der Waals surface area (Å²) in [4.78, 5) is 34.2. The molecule has 0 aliphatic carbocycles. The fourth-order valence-corrected chi connectivity index (χ4v) is 4.97. The molecule has 5 rings (SSSR count). The van der Waals surface area contributed by atoms with E-state index in [9.17, 15) is 9.59 Å². The van der Waals surface area contributed by atoms with E-state index in [0.717, 1.165) is 21.7 Å². The molecule has 4 aromatic rings. The first-order valence-electron chi connectivity index (χ1n) is 9.45. The van der Waals surface area contributed by atoms with Gasteiger partial charge in [0.05, 0.1) is 22.7 Å². The van der Waals surface area contributed by atoms with Crippen LogP contribution in [0.3, 0.4) is 0 Å². The minimum absolute atomic E-state index is 0.0619. The molecule has 0 radical (unpaired) electrons. The molecule has 0 saturated carbocycles. The van der Waals surface area contributed by atoms with Crippen LogP contribution in [-0.2, 0) is 0 Å². The molecule has 3 heterocycles. The van der Waals surface area contributed by atoms with Crippen molar-refractivity contribution >= 4 is 44.9 Å². The van der Waals surface area contributed by atoms with Gasteiger partial charge in [0, 0.05) is 9.90 Å². The number of anilines is 1. The maximum Gasteiger partial charge on any atom is 0.297 e. The molecule has 0 spiro atoms. The van der Waals surface area contributed by atoms with Crippen molar-refractivity contribution in [3.8, 4) is 0 Å². The molecule has 1 amide bonds. The summed E-state index contributed by atoms with van der Waals surface area (Å²) in [5.74, 6) is -0.310. The number of thiazole rings is 1. The number of halogens is 1. The summed E-state index contributed by atoms with van der Waals surface area (Å²) in [5, 5.41) is 1.52. The van der Waals surface area contributed by atoms with E-state index in [1.165, 1.54) is 11.3 Å². The van der Waals surface area contributed by atoms with E-state index in [1.807, 2.05) is 39.0 Å². The van der Waals surface area contributed by atoms with E-state index in [2.05, 4.69) is 4.98 Å². The molecule has 5 nitrogen and oxygen atoms in total. The fraction of sp³-hybridized carbons (Fsp3) is 0.174. The van der Waals surface area contributed by atoms with E-state index in [4.69, 9.17) is 16.0 Å². The maximum absolute atomic E-state index is 13.5. The second-order valence-corrected chi connectivity index (χ2v) is 9.06. The molecule has 2 aromatic heterocycles. The number of fused-ring (bicyclic) bond motifs is 2. The summed E-state index contributed by atoms with van der Waals surface area (Å²) >= 11 is 7.67. The van der Waals surface area contributed by atoms with Crippen molar-refractivity contribution in [1.29, 1.82) is 0 Å². The fourth-order valence-electron chi connectivity index (χ4n) is 3.83. The van der Waals surface area contributed by atoms with Gasteiger partial charge in [0.1, 0.15) is 5.58 Å². The number of aryl methyl sites for hydroxylation is 3. The Kier molecular flexibility index (Phi) is 4.31. The Hall–Kier alpha value is -2.96. The van der Waals surface area contributed by atoms with Crippen molar-refractivity contribution in [2.24, 2.45) is 0 Å². The smallest absolute Gasteiger partial charge is 0.297 e. The predicted octanol–water partition coefficient (Wildman–Crippen LogP) is 5.58. The summed E-state index contributed by atoms with van der Waals surface area (Å²) in [6.45, 7) is 5.77. The Bertz CT molecular complexity index is 1390. The van der Waals surface area contributed by atoms with Crippen LogP contribution in [0.2, 0.25) is 5.02 Å². The van der Waals surface area contributed by atoms with Gasteiger partial charge in [0.15, 0.2) is 10.6 Å². The van der Waals surface area contributed by atoms with Crippen LogP contribution in [0, 0.1) is 20.8 Å². The molecule has 1 atom stereocenters. The van der Waals surface area contributed by atoms with Crippen LogP contribution < -0.4 is 10.3 Å². The number of hydrogen-bond acceptors (Lipinski definition) is 5. The first-order chi connectivity index (χ1) is 14.3. The highest BCUT2D eigenvalue weighted by atomic mass is 35.5. The van der Waals surface area contributed by atoms with E-state index >= 15 is 0 Å². The van der Waals surface area contributed by atoms with Crippen LogP contribution >= 0.6 is 22.9 Å². The zero-order valence-electron chi connectivity index (χ0n) is 16.5. The molecule has 0 N–H and O–H groups in total. The number of amides is 1. The molecule has 7 heteroatoms. The van der Waals surface area contributed by atoms with Crippen molar-refractivity contribution in [3.63, 3.8) is 0 Å². The molecule has 1 unspecified atom stereocenters. The Balaban J connectivity index is 1.84. The number of carbonyl (C=O) groups is 1. The highest BCUT2D eigenvalue weighted by molar-refractivity contribution is 7.15. The van der Waals surface area contributed by atoms with Gasteiger partial charge in [-0.2, -0.15) is 0 Å². The van der Waals surface area contributed by atoms with E-state index in [1.54, 1.807) is 29.2 Å². The third-order valence-corrected chi connectivity index (χ3v) is 6.72. The van der Waals surface area contributed by atoms with Crippen molar-refractivity contribution in [2.45, 2.75) is 26.8 Å². The van der Waals surface area contributed by atoms with Gasteiger partial charge in [0.2, 0.25) is 5.76 Å². The van der Waals surface area contributed by atoms with Gasteiger partial charge >= 0.3 is 0 Å². The van der Waals surface area contributed by atoms with E-state index in [-0.39, 0.29) is 17.1 Å². The van der Waals surface area contributed by atoms with Crippen molar-refractivity contribution in [2.75, 3.05) is 4.90 Å². The van der Waals surface area contributed by atoms with Crippen LogP contribution in [0.15, 0.2) is 51.7 Å². The summed E-state index contributed by atoms with van der Waals surface area (Å²) in [6.07, 6.45) is 0. The lowest BCUT2D eigenvalue weighted by molar-refractivity contribution is 0.0971. The molecule has 0 fully saturated rings. The monoisotopic (exact) mass is 436 g/mol. The second kappa shape index (κ2) is 6.79.